The van der Waals surface area contributed by atoms with Crippen molar-refractivity contribution in [1.29, 1.82) is 5.26 Å². The van der Waals surface area contributed by atoms with Crippen molar-refractivity contribution >= 4 is 12.3 Å². The van der Waals surface area contributed by atoms with Gasteiger partial charge in [0, 0.05) is 5.56 Å². The molecule has 4 nitrogen and oxygen atoms in total. The largest absolute Gasteiger partial charge is 0.481 e. The average Bonchev–Trinajstić information content (AvgIpc) is 2.17. The average molecular weight is 203 g/mol. The first-order valence-corrected chi connectivity index (χ1v) is 4.29. The van der Waals surface area contributed by atoms with E-state index in [0.717, 1.165) is 0 Å². The van der Waals surface area contributed by atoms with E-state index >= 15 is 0 Å². The lowest BCUT2D eigenvalue weighted by Gasteiger charge is -2.04. The minimum absolute atomic E-state index is 0.205. The Balaban J connectivity index is 3.28. The van der Waals surface area contributed by atoms with Crippen LogP contribution in [0, 0.1) is 18.3 Å². The predicted molar refractivity (Wildman–Crippen MR) is 52.6 cm³/mol. The van der Waals surface area contributed by atoms with Gasteiger partial charge >= 0.3 is 5.97 Å². The van der Waals surface area contributed by atoms with Gasteiger partial charge in [0.2, 0.25) is 0 Å². The molecule has 1 aromatic rings. The first-order valence-electron chi connectivity index (χ1n) is 4.29. The van der Waals surface area contributed by atoms with Gasteiger partial charge in [0.15, 0.2) is 0 Å². The number of carboxylic acid groups (broad SMARTS) is 1. The van der Waals surface area contributed by atoms with Crippen LogP contribution in [0.5, 0.6) is 0 Å². The van der Waals surface area contributed by atoms with Crippen molar-refractivity contribution in [1.82, 2.24) is 0 Å². The number of aryl methyl sites for hydroxylation is 1. The highest BCUT2D eigenvalue weighted by Gasteiger charge is 2.09. The normalized spacial score (nSPS) is 9.33. The SMILES string of the molecule is Cc1cc(CC(=O)O)c(C#N)cc1C=O. The number of carboxylic acids is 1. The minimum Gasteiger partial charge on any atom is -0.481 e. The number of aldehydes is 1. The van der Waals surface area contributed by atoms with E-state index in [4.69, 9.17) is 10.4 Å². The summed E-state index contributed by atoms with van der Waals surface area (Å²) in [6, 6.07) is 4.86. The van der Waals surface area contributed by atoms with Gasteiger partial charge in [0.05, 0.1) is 18.1 Å². The maximum absolute atomic E-state index is 10.6. The van der Waals surface area contributed by atoms with Crippen LogP contribution in [0.4, 0.5) is 0 Å². The van der Waals surface area contributed by atoms with Crippen LogP contribution < -0.4 is 0 Å². The number of carbonyl (C=O) groups is 2. The van der Waals surface area contributed by atoms with E-state index in [1.54, 1.807) is 13.0 Å². The number of carbonyl (C=O) groups excluding carboxylic acids is 1. The van der Waals surface area contributed by atoms with Crippen molar-refractivity contribution in [2.75, 3.05) is 0 Å². The number of hydrogen-bond donors (Lipinski definition) is 1. The van der Waals surface area contributed by atoms with Crippen molar-refractivity contribution in [2.45, 2.75) is 13.3 Å². The molecule has 0 aliphatic heterocycles. The van der Waals surface area contributed by atoms with E-state index < -0.39 is 5.97 Å². The molecule has 1 rings (SSSR count). The fraction of sp³-hybridized carbons (Fsp3) is 0.182. The van der Waals surface area contributed by atoms with E-state index in [1.165, 1.54) is 6.07 Å². The molecule has 4 heteroatoms. The second-order valence-corrected chi connectivity index (χ2v) is 3.17. The molecule has 0 unspecified atom stereocenters. The zero-order chi connectivity index (χ0) is 11.4. The zero-order valence-corrected chi connectivity index (χ0v) is 8.15. The monoisotopic (exact) mass is 203 g/mol. The molecule has 0 aromatic heterocycles. The number of nitriles is 1. The van der Waals surface area contributed by atoms with Crippen molar-refractivity contribution in [3.05, 3.63) is 34.4 Å². The third-order valence-corrected chi connectivity index (χ3v) is 2.08. The summed E-state index contributed by atoms with van der Waals surface area (Å²) in [5, 5.41) is 17.4. The number of nitrogens with zero attached hydrogens (tertiary/aromatic N) is 1. The lowest BCUT2D eigenvalue weighted by molar-refractivity contribution is -0.136. The maximum atomic E-state index is 10.6. The van der Waals surface area contributed by atoms with Gasteiger partial charge in [0.25, 0.3) is 0 Å². The smallest absolute Gasteiger partial charge is 0.307 e. The third kappa shape index (κ3) is 2.41. The highest BCUT2D eigenvalue weighted by atomic mass is 16.4. The van der Waals surface area contributed by atoms with Gasteiger partial charge < -0.3 is 5.11 Å². The van der Waals surface area contributed by atoms with Gasteiger partial charge in [-0.2, -0.15) is 5.26 Å². The zero-order valence-electron chi connectivity index (χ0n) is 8.15. The van der Waals surface area contributed by atoms with E-state index in [0.29, 0.717) is 23.0 Å². The Morgan fingerprint density at radius 1 is 1.60 bits per heavy atom. The first kappa shape index (κ1) is 10.9. The van der Waals surface area contributed by atoms with Gasteiger partial charge in [-0.05, 0) is 24.1 Å². The quantitative estimate of drug-likeness (QED) is 0.751. The first-order chi connectivity index (χ1) is 7.08. The molecule has 0 amide bonds. The molecule has 0 aliphatic carbocycles. The van der Waals surface area contributed by atoms with E-state index in [2.05, 4.69) is 0 Å². The number of aliphatic carboxylic acids is 1. The van der Waals surface area contributed by atoms with E-state index in [1.807, 2.05) is 6.07 Å². The molecule has 0 spiro atoms. The van der Waals surface area contributed by atoms with E-state index in [9.17, 15) is 9.59 Å². The molecule has 0 saturated carbocycles. The van der Waals surface area contributed by atoms with Crippen LogP contribution in [-0.4, -0.2) is 17.4 Å². The number of benzene rings is 1. The molecule has 0 fully saturated rings. The van der Waals surface area contributed by atoms with Crippen LogP contribution >= 0.6 is 0 Å². The Bertz CT molecular complexity index is 458. The fourth-order valence-electron chi connectivity index (χ4n) is 1.32. The molecular formula is C11H9NO3. The number of rotatable bonds is 3. The molecular weight excluding hydrogens is 194 g/mol. The molecule has 0 heterocycles. The Labute approximate surface area is 86.8 Å². The van der Waals surface area contributed by atoms with Crippen LogP contribution in [0.2, 0.25) is 0 Å². The second kappa shape index (κ2) is 4.38. The standard InChI is InChI=1S/C11H9NO3/c1-7-2-8(4-11(14)15)9(5-12)3-10(7)6-13/h2-3,6H,4H2,1H3,(H,14,15). The highest BCUT2D eigenvalue weighted by Crippen LogP contribution is 2.15. The van der Waals surface area contributed by atoms with Gasteiger partial charge in [-0.25, -0.2) is 0 Å². The Kier molecular flexibility index (Phi) is 3.19. The van der Waals surface area contributed by atoms with Crippen LogP contribution in [0.3, 0.4) is 0 Å². The van der Waals surface area contributed by atoms with Crippen LogP contribution in [0.1, 0.15) is 27.0 Å². The van der Waals surface area contributed by atoms with Crippen molar-refractivity contribution < 1.29 is 14.7 Å². The Hall–Kier alpha value is -2.15. The topological polar surface area (TPSA) is 78.2 Å². The third-order valence-electron chi connectivity index (χ3n) is 2.08. The predicted octanol–water partition coefficient (Wildman–Crippen LogP) is 1.31. The van der Waals surface area contributed by atoms with Crippen molar-refractivity contribution in [3.8, 4) is 6.07 Å². The summed E-state index contributed by atoms with van der Waals surface area (Å²) in [5.41, 5.74) is 1.78. The summed E-state index contributed by atoms with van der Waals surface area (Å²) in [6.07, 6.45) is 0.448. The van der Waals surface area contributed by atoms with Gasteiger partial charge in [-0.1, -0.05) is 6.07 Å². The summed E-state index contributed by atoms with van der Waals surface area (Å²) < 4.78 is 0. The Morgan fingerprint density at radius 2 is 2.27 bits per heavy atom. The molecule has 0 radical (unpaired) electrons. The van der Waals surface area contributed by atoms with Crippen LogP contribution in [-0.2, 0) is 11.2 Å². The van der Waals surface area contributed by atoms with E-state index in [-0.39, 0.29) is 12.0 Å². The van der Waals surface area contributed by atoms with Crippen LogP contribution in [0.15, 0.2) is 12.1 Å². The van der Waals surface area contributed by atoms with Crippen molar-refractivity contribution in [2.24, 2.45) is 0 Å². The molecule has 1 N–H and O–H groups in total. The second-order valence-electron chi connectivity index (χ2n) is 3.17. The molecule has 15 heavy (non-hydrogen) atoms. The lowest BCUT2D eigenvalue weighted by Crippen LogP contribution is -2.04. The molecule has 0 aliphatic rings. The van der Waals surface area contributed by atoms with Crippen LogP contribution in [0.25, 0.3) is 0 Å². The molecule has 1 aromatic carbocycles. The summed E-state index contributed by atoms with van der Waals surface area (Å²) >= 11 is 0. The molecule has 0 bridgehead atoms. The highest BCUT2D eigenvalue weighted by molar-refractivity contribution is 5.79. The van der Waals surface area contributed by atoms with Gasteiger partial charge in [-0.15, -0.1) is 0 Å². The number of hydrogen-bond acceptors (Lipinski definition) is 3. The Morgan fingerprint density at radius 3 is 2.73 bits per heavy atom. The minimum atomic E-state index is -0.996. The van der Waals surface area contributed by atoms with Crippen molar-refractivity contribution in [3.63, 3.8) is 0 Å². The summed E-state index contributed by atoms with van der Waals surface area (Å²) in [6.45, 7) is 1.70. The molecule has 76 valence electrons. The molecule has 0 saturated heterocycles. The van der Waals surface area contributed by atoms with Gasteiger partial charge in [0.1, 0.15) is 6.29 Å². The molecule has 0 atom stereocenters. The van der Waals surface area contributed by atoms with Gasteiger partial charge in [-0.3, -0.25) is 9.59 Å². The fourth-order valence-corrected chi connectivity index (χ4v) is 1.32. The summed E-state index contributed by atoms with van der Waals surface area (Å²) in [5.74, 6) is -0.996. The lowest BCUT2D eigenvalue weighted by atomic mass is 9.98. The maximum Gasteiger partial charge on any atom is 0.307 e. The summed E-state index contributed by atoms with van der Waals surface area (Å²) in [4.78, 5) is 21.1. The summed E-state index contributed by atoms with van der Waals surface area (Å²) in [7, 11) is 0.